The van der Waals surface area contributed by atoms with Crippen molar-refractivity contribution in [3.8, 4) is 5.69 Å². The van der Waals surface area contributed by atoms with E-state index in [1.54, 1.807) is 17.0 Å². The molecule has 3 rings (SSSR count). The predicted octanol–water partition coefficient (Wildman–Crippen LogP) is 1.42. The minimum absolute atomic E-state index is 0.105. The Kier molecular flexibility index (Phi) is 5.45. The van der Waals surface area contributed by atoms with Crippen molar-refractivity contribution in [2.24, 2.45) is 0 Å². The average Bonchev–Trinajstić information content (AvgIpc) is 3.29. The topological polar surface area (TPSA) is 85.2 Å². The van der Waals surface area contributed by atoms with E-state index in [4.69, 9.17) is 4.74 Å². The predicted molar refractivity (Wildman–Crippen MR) is 92.4 cm³/mol. The lowest BCUT2D eigenvalue weighted by Gasteiger charge is -2.13. The molecule has 1 saturated heterocycles. The zero-order chi connectivity index (χ0) is 17.6. The van der Waals surface area contributed by atoms with Crippen LogP contribution in [0.1, 0.15) is 35.8 Å². The lowest BCUT2D eigenvalue weighted by Crippen LogP contribution is -2.32. The quantitative estimate of drug-likeness (QED) is 0.831. The molecule has 1 atom stereocenters. The van der Waals surface area contributed by atoms with Crippen molar-refractivity contribution in [3.05, 3.63) is 48.0 Å². The molecular weight excluding hydrogens is 320 g/mol. The molecule has 0 radical (unpaired) electrons. The summed E-state index contributed by atoms with van der Waals surface area (Å²) in [7, 11) is 0. The number of amides is 2. The van der Waals surface area contributed by atoms with Crippen molar-refractivity contribution < 1.29 is 14.3 Å². The highest BCUT2D eigenvalue weighted by atomic mass is 16.5. The summed E-state index contributed by atoms with van der Waals surface area (Å²) >= 11 is 0. The first kappa shape index (κ1) is 17.2. The van der Waals surface area contributed by atoms with Crippen LogP contribution in [-0.2, 0) is 16.1 Å². The number of carbonyl (C=O) groups excluding carboxylic acids is 2. The summed E-state index contributed by atoms with van der Waals surface area (Å²) < 4.78 is 7.33. The number of rotatable bonds is 6. The summed E-state index contributed by atoms with van der Waals surface area (Å²) in [4.78, 5) is 27.8. The molecule has 2 amide bonds. The van der Waals surface area contributed by atoms with Gasteiger partial charge in [-0.2, -0.15) is 0 Å². The Labute approximate surface area is 146 Å². The average molecular weight is 342 g/mol. The summed E-state index contributed by atoms with van der Waals surface area (Å²) in [5, 5.41) is 5.65. The third-order valence-corrected chi connectivity index (χ3v) is 4.10. The zero-order valence-electron chi connectivity index (χ0n) is 14.2. The minimum Gasteiger partial charge on any atom is -0.376 e. The van der Waals surface area contributed by atoms with E-state index in [1.165, 1.54) is 6.92 Å². The molecule has 2 heterocycles. The van der Waals surface area contributed by atoms with E-state index in [1.807, 2.05) is 24.4 Å². The maximum Gasteiger partial charge on any atom is 0.253 e. The molecule has 0 saturated carbocycles. The maximum atomic E-state index is 12.6. The number of nitrogens with one attached hydrogen (secondary N) is 2. The Morgan fingerprint density at radius 1 is 1.32 bits per heavy atom. The molecule has 7 nitrogen and oxygen atoms in total. The molecule has 1 fully saturated rings. The van der Waals surface area contributed by atoms with Gasteiger partial charge in [-0.05, 0) is 25.0 Å². The van der Waals surface area contributed by atoms with E-state index < -0.39 is 0 Å². The van der Waals surface area contributed by atoms with E-state index in [0.717, 1.165) is 30.8 Å². The summed E-state index contributed by atoms with van der Waals surface area (Å²) in [6, 6.07) is 7.36. The second kappa shape index (κ2) is 7.94. The Morgan fingerprint density at radius 3 is 2.92 bits per heavy atom. The molecule has 7 heteroatoms. The lowest BCUT2D eigenvalue weighted by atomic mass is 10.1. The Hall–Kier alpha value is -2.67. The number of carbonyl (C=O) groups is 2. The van der Waals surface area contributed by atoms with Gasteiger partial charge in [0.25, 0.3) is 5.91 Å². The first-order valence-electron chi connectivity index (χ1n) is 8.40. The van der Waals surface area contributed by atoms with Crippen LogP contribution in [0.4, 0.5) is 0 Å². The van der Waals surface area contributed by atoms with Crippen molar-refractivity contribution in [3.63, 3.8) is 0 Å². The van der Waals surface area contributed by atoms with Crippen LogP contribution in [0.2, 0.25) is 0 Å². The SMILES string of the molecule is CC(=O)NCc1cn(-c2ccccc2C(=O)NCC2CCCO2)cn1. The molecule has 2 N–H and O–H groups in total. The number of aromatic nitrogens is 2. The molecule has 1 aliphatic rings. The van der Waals surface area contributed by atoms with Gasteiger partial charge in [0.2, 0.25) is 5.91 Å². The van der Waals surface area contributed by atoms with Gasteiger partial charge < -0.3 is 19.9 Å². The van der Waals surface area contributed by atoms with Gasteiger partial charge in [-0.25, -0.2) is 4.98 Å². The number of ether oxygens (including phenoxy) is 1. The third kappa shape index (κ3) is 4.45. The van der Waals surface area contributed by atoms with Crippen LogP contribution in [0.3, 0.4) is 0 Å². The molecule has 1 aromatic carbocycles. The summed E-state index contributed by atoms with van der Waals surface area (Å²) in [5.74, 6) is -0.244. The van der Waals surface area contributed by atoms with E-state index >= 15 is 0 Å². The maximum absolute atomic E-state index is 12.6. The van der Waals surface area contributed by atoms with E-state index in [9.17, 15) is 9.59 Å². The first-order chi connectivity index (χ1) is 12.1. The Balaban J connectivity index is 1.71. The van der Waals surface area contributed by atoms with Gasteiger partial charge in [0.05, 0.1) is 35.9 Å². The van der Waals surface area contributed by atoms with Gasteiger partial charge in [-0.3, -0.25) is 9.59 Å². The second-order valence-electron chi connectivity index (χ2n) is 6.04. The van der Waals surface area contributed by atoms with Gasteiger partial charge in [0.15, 0.2) is 0 Å². The number of imidazole rings is 1. The van der Waals surface area contributed by atoms with Crippen LogP contribution in [0.15, 0.2) is 36.8 Å². The molecule has 0 aliphatic carbocycles. The summed E-state index contributed by atoms with van der Waals surface area (Å²) in [6.07, 6.45) is 5.58. The number of hydrogen-bond donors (Lipinski definition) is 2. The van der Waals surface area contributed by atoms with Crippen LogP contribution in [0, 0.1) is 0 Å². The van der Waals surface area contributed by atoms with Crippen LogP contribution in [-0.4, -0.2) is 40.6 Å². The summed E-state index contributed by atoms with van der Waals surface area (Å²) in [6.45, 7) is 3.11. The fourth-order valence-electron chi connectivity index (χ4n) is 2.80. The number of benzene rings is 1. The van der Waals surface area contributed by atoms with E-state index in [0.29, 0.717) is 18.7 Å². The van der Waals surface area contributed by atoms with Crippen molar-refractivity contribution in [1.82, 2.24) is 20.2 Å². The molecule has 25 heavy (non-hydrogen) atoms. The standard InChI is InChI=1S/C18H22N4O3/c1-13(23)19-9-14-11-22(12-21-14)17-7-3-2-6-16(17)18(24)20-10-15-5-4-8-25-15/h2-3,6-7,11-12,15H,4-5,8-10H2,1H3,(H,19,23)(H,20,24). The molecular formula is C18H22N4O3. The van der Waals surface area contributed by atoms with Gasteiger partial charge in [-0.15, -0.1) is 0 Å². The smallest absolute Gasteiger partial charge is 0.253 e. The van der Waals surface area contributed by atoms with Crippen LogP contribution >= 0.6 is 0 Å². The van der Waals surface area contributed by atoms with E-state index in [-0.39, 0.29) is 17.9 Å². The lowest BCUT2D eigenvalue weighted by molar-refractivity contribution is -0.119. The number of hydrogen-bond acceptors (Lipinski definition) is 4. The molecule has 0 spiro atoms. The first-order valence-corrected chi connectivity index (χ1v) is 8.40. The highest BCUT2D eigenvalue weighted by molar-refractivity contribution is 5.97. The Bertz CT molecular complexity index is 750. The van der Waals surface area contributed by atoms with Gasteiger partial charge in [0, 0.05) is 26.3 Å². The number of nitrogens with zero attached hydrogens (tertiary/aromatic N) is 2. The number of para-hydroxylation sites is 1. The van der Waals surface area contributed by atoms with Crippen molar-refractivity contribution in [2.45, 2.75) is 32.4 Å². The normalized spacial score (nSPS) is 16.6. The second-order valence-corrected chi connectivity index (χ2v) is 6.04. The van der Waals surface area contributed by atoms with Crippen molar-refractivity contribution in [2.75, 3.05) is 13.2 Å². The molecule has 1 aliphatic heterocycles. The van der Waals surface area contributed by atoms with Crippen LogP contribution < -0.4 is 10.6 Å². The molecule has 132 valence electrons. The fraction of sp³-hybridized carbons (Fsp3) is 0.389. The van der Waals surface area contributed by atoms with Crippen LogP contribution in [0.25, 0.3) is 5.69 Å². The molecule has 1 unspecified atom stereocenters. The fourth-order valence-corrected chi connectivity index (χ4v) is 2.80. The van der Waals surface area contributed by atoms with Crippen LogP contribution in [0.5, 0.6) is 0 Å². The molecule has 2 aromatic rings. The zero-order valence-corrected chi connectivity index (χ0v) is 14.2. The summed E-state index contributed by atoms with van der Waals surface area (Å²) in [5.41, 5.74) is 2.04. The van der Waals surface area contributed by atoms with Gasteiger partial charge in [0.1, 0.15) is 0 Å². The van der Waals surface area contributed by atoms with Crippen molar-refractivity contribution >= 4 is 11.8 Å². The largest absolute Gasteiger partial charge is 0.376 e. The monoisotopic (exact) mass is 342 g/mol. The Morgan fingerprint density at radius 2 is 2.16 bits per heavy atom. The molecule has 1 aromatic heterocycles. The highest BCUT2D eigenvalue weighted by Gasteiger charge is 2.18. The third-order valence-electron chi connectivity index (χ3n) is 4.10. The highest BCUT2D eigenvalue weighted by Crippen LogP contribution is 2.16. The molecule has 0 bridgehead atoms. The van der Waals surface area contributed by atoms with E-state index in [2.05, 4.69) is 15.6 Å². The van der Waals surface area contributed by atoms with Crippen molar-refractivity contribution in [1.29, 1.82) is 0 Å². The van der Waals surface area contributed by atoms with Gasteiger partial charge in [-0.1, -0.05) is 12.1 Å². The minimum atomic E-state index is -0.136. The van der Waals surface area contributed by atoms with Gasteiger partial charge >= 0.3 is 0 Å².